The number of benzene rings is 1. The predicted octanol–water partition coefficient (Wildman–Crippen LogP) is 3.05. The van der Waals surface area contributed by atoms with Crippen molar-refractivity contribution in [2.45, 2.75) is 13.3 Å². The highest BCUT2D eigenvalue weighted by molar-refractivity contribution is 5.41. The molecule has 2 aromatic rings. The van der Waals surface area contributed by atoms with Gasteiger partial charge in [-0.25, -0.2) is 0 Å². The Kier molecular flexibility index (Phi) is 2.77. The van der Waals surface area contributed by atoms with E-state index >= 15 is 0 Å². The van der Waals surface area contributed by atoms with Crippen LogP contribution in [0.25, 0.3) is 5.69 Å². The van der Waals surface area contributed by atoms with E-state index < -0.39 is 0 Å². The fourth-order valence-corrected chi connectivity index (χ4v) is 1.72. The van der Waals surface area contributed by atoms with Crippen molar-refractivity contribution in [1.82, 2.24) is 4.57 Å². The highest BCUT2D eigenvalue weighted by Crippen LogP contribution is 2.18. The minimum atomic E-state index is 0.892. The van der Waals surface area contributed by atoms with Gasteiger partial charge in [0.05, 0.1) is 7.11 Å². The topological polar surface area (TPSA) is 14.2 Å². The van der Waals surface area contributed by atoms with Crippen LogP contribution in [0.3, 0.4) is 0 Å². The summed E-state index contributed by atoms with van der Waals surface area (Å²) in [6.45, 7) is 2.16. The molecule has 0 aliphatic rings. The maximum Gasteiger partial charge on any atom is 0.120 e. The monoisotopic (exact) mass is 201 g/mol. The second kappa shape index (κ2) is 4.22. The largest absolute Gasteiger partial charge is 0.497 e. The normalized spacial score (nSPS) is 10.3. The average molecular weight is 201 g/mol. The molecule has 0 aliphatic carbocycles. The molecule has 0 aliphatic heterocycles. The Morgan fingerprint density at radius 1 is 1.20 bits per heavy atom. The number of rotatable bonds is 3. The zero-order chi connectivity index (χ0) is 10.7. The average Bonchev–Trinajstić information content (AvgIpc) is 2.77. The smallest absolute Gasteiger partial charge is 0.120 e. The molecule has 2 heteroatoms. The lowest BCUT2D eigenvalue weighted by Crippen LogP contribution is -1.97. The Bertz CT molecular complexity index is 445. The van der Waals surface area contributed by atoms with E-state index in [9.17, 15) is 0 Å². The lowest BCUT2D eigenvalue weighted by atomic mass is 10.2. The molecule has 78 valence electrons. The molecular formula is C13H15NO. The zero-order valence-corrected chi connectivity index (χ0v) is 9.10. The van der Waals surface area contributed by atoms with E-state index in [4.69, 9.17) is 4.74 Å². The molecule has 0 unspecified atom stereocenters. The van der Waals surface area contributed by atoms with Crippen LogP contribution < -0.4 is 4.74 Å². The summed E-state index contributed by atoms with van der Waals surface area (Å²) in [4.78, 5) is 0. The molecule has 0 amide bonds. The zero-order valence-electron chi connectivity index (χ0n) is 9.10. The highest BCUT2D eigenvalue weighted by Gasteiger charge is 2.01. The van der Waals surface area contributed by atoms with E-state index in [1.165, 1.54) is 5.69 Å². The van der Waals surface area contributed by atoms with Gasteiger partial charge < -0.3 is 9.30 Å². The van der Waals surface area contributed by atoms with Crippen LogP contribution in [0.15, 0.2) is 42.6 Å². The summed E-state index contributed by atoms with van der Waals surface area (Å²) < 4.78 is 7.40. The number of aryl methyl sites for hydroxylation is 1. The molecule has 0 bridgehead atoms. The molecule has 2 rings (SSSR count). The standard InChI is InChI=1S/C13H15NO/c1-3-11-7-5-9-14(11)12-6-4-8-13(10-12)15-2/h4-10H,3H2,1-2H3. The maximum atomic E-state index is 5.21. The van der Waals surface area contributed by atoms with Gasteiger partial charge in [-0.2, -0.15) is 0 Å². The summed E-state index contributed by atoms with van der Waals surface area (Å²) >= 11 is 0. The first-order valence-electron chi connectivity index (χ1n) is 5.16. The lowest BCUT2D eigenvalue weighted by Gasteiger charge is -2.09. The van der Waals surface area contributed by atoms with Gasteiger partial charge in [-0.15, -0.1) is 0 Å². The highest BCUT2D eigenvalue weighted by atomic mass is 16.5. The molecule has 1 aromatic heterocycles. The van der Waals surface area contributed by atoms with E-state index in [1.54, 1.807) is 7.11 Å². The van der Waals surface area contributed by atoms with Crippen molar-refractivity contribution in [3.8, 4) is 11.4 Å². The lowest BCUT2D eigenvalue weighted by molar-refractivity contribution is 0.414. The molecule has 1 heterocycles. The van der Waals surface area contributed by atoms with Gasteiger partial charge in [0.2, 0.25) is 0 Å². The number of hydrogen-bond acceptors (Lipinski definition) is 1. The van der Waals surface area contributed by atoms with Gasteiger partial charge in [0.15, 0.2) is 0 Å². The van der Waals surface area contributed by atoms with E-state index in [-0.39, 0.29) is 0 Å². The molecule has 0 saturated heterocycles. The number of ether oxygens (including phenoxy) is 1. The van der Waals surface area contributed by atoms with Crippen LogP contribution in [-0.2, 0) is 6.42 Å². The van der Waals surface area contributed by atoms with Gasteiger partial charge in [0, 0.05) is 23.6 Å². The second-order valence-electron chi connectivity index (χ2n) is 3.42. The first-order chi connectivity index (χ1) is 7.35. The number of methoxy groups -OCH3 is 1. The van der Waals surface area contributed by atoms with Crippen LogP contribution in [0.1, 0.15) is 12.6 Å². The van der Waals surface area contributed by atoms with Crippen LogP contribution in [0, 0.1) is 0 Å². The molecule has 2 nitrogen and oxygen atoms in total. The number of nitrogens with zero attached hydrogens (tertiary/aromatic N) is 1. The van der Waals surface area contributed by atoms with Crippen molar-refractivity contribution in [3.63, 3.8) is 0 Å². The Labute approximate surface area is 90.1 Å². The van der Waals surface area contributed by atoms with Crippen molar-refractivity contribution in [2.24, 2.45) is 0 Å². The fourth-order valence-electron chi connectivity index (χ4n) is 1.72. The maximum absolute atomic E-state index is 5.21. The molecular weight excluding hydrogens is 186 g/mol. The summed E-state index contributed by atoms with van der Waals surface area (Å²) in [5.74, 6) is 0.892. The van der Waals surface area contributed by atoms with E-state index in [1.807, 2.05) is 18.2 Å². The van der Waals surface area contributed by atoms with E-state index in [2.05, 4.69) is 35.9 Å². The van der Waals surface area contributed by atoms with Gasteiger partial charge in [-0.1, -0.05) is 13.0 Å². The molecule has 0 spiro atoms. The minimum absolute atomic E-state index is 0.892. The predicted molar refractivity (Wildman–Crippen MR) is 61.7 cm³/mol. The number of hydrogen-bond donors (Lipinski definition) is 0. The van der Waals surface area contributed by atoms with E-state index in [0.29, 0.717) is 0 Å². The molecule has 15 heavy (non-hydrogen) atoms. The molecule has 0 atom stereocenters. The van der Waals surface area contributed by atoms with Gasteiger partial charge in [-0.05, 0) is 30.7 Å². The van der Waals surface area contributed by atoms with Gasteiger partial charge >= 0.3 is 0 Å². The molecule has 0 N–H and O–H groups in total. The van der Waals surface area contributed by atoms with Crippen LogP contribution in [0.2, 0.25) is 0 Å². The third-order valence-electron chi connectivity index (χ3n) is 2.53. The number of aromatic nitrogens is 1. The van der Waals surface area contributed by atoms with Crippen molar-refractivity contribution >= 4 is 0 Å². The van der Waals surface area contributed by atoms with Gasteiger partial charge in [0.25, 0.3) is 0 Å². The first kappa shape index (κ1) is 9.84. The van der Waals surface area contributed by atoms with Crippen molar-refractivity contribution < 1.29 is 4.74 Å². The Morgan fingerprint density at radius 2 is 2.07 bits per heavy atom. The van der Waals surface area contributed by atoms with Gasteiger partial charge in [0.1, 0.15) is 5.75 Å². The summed E-state index contributed by atoms with van der Waals surface area (Å²) in [7, 11) is 1.69. The van der Waals surface area contributed by atoms with Gasteiger partial charge in [-0.3, -0.25) is 0 Å². The summed E-state index contributed by atoms with van der Waals surface area (Å²) in [6.07, 6.45) is 3.11. The van der Waals surface area contributed by atoms with Crippen LogP contribution in [-0.4, -0.2) is 11.7 Å². The Morgan fingerprint density at radius 3 is 2.80 bits per heavy atom. The summed E-state index contributed by atoms with van der Waals surface area (Å²) in [5.41, 5.74) is 2.46. The third kappa shape index (κ3) is 1.89. The fraction of sp³-hybridized carbons (Fsp3) is 0.231. The van der Waals surface area contributed by atoms with E-state index in [0.717, 1.165) is 17.9 Å². The quantitative estimate of drug-likeness (QED) is 0.744. The van der Waals surface area contributed by atoms with Crippen LogP contribution in [0.5, 0.6) is 5.75 Å². The van der Waals surface area contributed by atoms with Crippen molar-refractivity contribution in [2.75, 3.05) is 7.11 Å². The summed E-state index contributed by atoms with van der Waals surface area (Å²) in [5, 5.41) is 0. The van der Waals surface area contributed by atoms with Crippen molar-refractivity contribution in [1.29, 1.82) is 0 Å². The molecule has 0 fully saturated rings. The second-order valence-corrected chi connectivity index (χ2v) is 3.42. The first-order valence-corrected chi connectivity index (χ1v) is 5.16. The van der Waals surface area contributed by atoms with Crippen LogP contribution in [0.4, 0.5) is 0 Å². The molecule has 0 saturated carbocycles. The van der Waals surface area contributed by atoms with Crippen molar-refractivity contribution in [3.05, 3.63) is 48.3 Å². The Balaban J connectivity index is 2.44. The van der Waals surface area contributed by atoms with Crippen LogP contribution >= 0.6 is 0 Å². The third-order valence-corrected chi connectivity index (χ3v) is 2.53. The Hall–Kier alpha value is -1.70. The minimum Gasteiger partial charge on any atom is -0.497 e. The molecule has 0 radical (unpaired) electrons. The molecule has 1 aromatic carbocycles. The SMILES string of the molecule is CCc1cccn1-c1cccc(OC)c1. The summed E-state index contributed by atoms with van der Waals surface area (Å²) in [6, 6.07) is 12.3.